The van der Waals surface area contributed by atoms with Crippen molar-refractivity contribution in [1.82, 2.24) is 24.6 Å². The van der Waals surface area contributed by atoms with Crippen LogP contribution in [0.3, 0.4) is 0 Å². The van der Waals surface area contributed by atoms with Gasteiger partial charge in [-0.2, -0.15) is 4.98 Å². The minimum Gasteiger partial charge on any atom is -0.241 e. The lowest BCUT2D eigenvalue weighted by atomic mass is 10.3. The summed E-state index contributed by atoms with van der Waals surface area (Å²) in [6, 6.07) is 10.1. The average molecular weight is 327 g/mol. The van der Waals surface area contributed by atoms with Crippen LogP contribution in [0.4, 0.5) is 0 Å². The van der Waals surface area contributed by atoms with Crippen LogP contribution in [0.5, 0.6) is 0 Å². The number of benzene rings is 1. The number of fused-ring (bicyclic) bond motifs is 2. The standard InChI is InChI=1S/C15H13N5S2/c1-10(9-13-17-11-5-2-3-6-12(11)22-13)21-15-18-14-16-7-4-8-20(14)19-15/h2-8,10H,9H2,1H3/t10-/m0/s1. The van der Waals surface area contributed by atoms with E-state index in [9.17, 15) is 0 Å². The summed E-state index contributed by atoms with van der Waals surface area (Å²) in [5, 5.41) is 6.70. The molecule has 0 unspecified atom stereocenters. The van der Waals surface area contributed by atoms with Gasteiger partial charge in [0, 0.05) is 24.1 Å². The summed E-state index contributed by atoms with van der Waals surface area (Å²) in [5.41, 5.74) is 1.08. The second-order valence-corrected chi connectivity index (χ2v) is 7.49. The maximum atomic E-state index is 4.68. The Balaban J connectivity index is 1.50. The first-order chi connectivity index (χ1) is 10.8. The van der Waals surface area contributed by atoms with Crippen molar-refractivity contribution in [1.29, 1.82) is 0 Å². The van der Waals surface area contributed by atoms with E-state index < -0.39 is 0 Å². The topological polar surface area (TPSA) is 56.0 Å². The van der Waals surface area contributed by atoms with E-state index in [1.807, 2.05) is 18.3 Å². The zero-order chi connectivity index (χ0) is 14.9. The molecular weight excluding hydrogens is 314 g/mol. The molecule has 5 nitrogen and oxygen atoms in total. The molecule has 7 heteroatoms. The maximum absolute atomic E-state index is 4.68. The van der Waals surface area contributed by atoms with Gasteiger partial charge >= 0.3 is 0 Å². The second-order valence-electron chi connectivity index (χ2n) is 4.97. The fraction of sp³-hybridized carbons (Fsp3) is 0.200. The lowest BCUT2D eigenvalue weighted by Gasteiger charge is -2.05. The molecule has 110 valence electrons. The Morgan fingerprint density at radius 3 is 3.00 bits per heavy atom. The van der Waals surface area contributed by atoms with Crippen LogP contribution in [0.25, 0.3) is 16.0 Å². The van der Waals surface area contributed by atoms with Crippen LogP contribution in [-0.2, 0) is 6.42 Å². The van der Waals surface area contributed by atoms with Gasteiger partial charge in [0.1, 0.15) is 0 Å². The maximum Gasteiger partial charge on any atom is 0.253 e. The van der Waals surface area contributed by atoms with Crippen LogP contribution in [0.15, 0.2) is 47.9 Å². The molecule has 0 bridgehead atoms. The van der Waals surface area contributed by atoms with Crippen LogP contribution in [0.1, 0.15) is 11.9 Å². The molecule has 0 amide bonds. The van der Waals surface area contributed by atoms with Crippen molar-refractivity contribution in [3.05, 3.63) is 47.7 Å². The molecule has 0 N–H and O–H groups in total. The largest absolute Gasteiger partial charge is 0.253 e. The van der Waals surface area contributed by atoms with Crippen molar-refractivity contribution in [2.45, 2.75) is 23.8 Å². The fourth-order valence-electron chi connectivity index (χ4n) is 2.24. The quantitative estimate of drug-likeness (QED) is 0.537. The number of hydrogen-bond donors (Lipinski definition) is 0. The molecule has 0 aliphatic carbocycles. The summed E-state index contributed by atoms with van der Waals surface area (Å²) >= 11 is 3.42. The number of rotatable bonds is 4. The number of thioether (sulfide) groups is 1. The van der Waals surface area contributed by atoms with Gasteiger partial charge in [0.2, 0.25) is 5.16 Å². The summed E-state index contributed by atoms with van der Waals surface area (Å²) in [4.78, 5) is 13.3. The number of hydrogen-bond acceptors (Lipinski definition) is 6. The third-order valence-electron chi connectivity index (χ3n) is 3.20. The zero-order valence-corrected chi connectivity index (χ0v) is 13.5. The monoisotopic (exact) mass is 327 g/mol. The Kier molecular flexibility index (Phi) is 3.51. The normalized spacial score (nSPS) is 13.0. The first kappa shape index (κ1) is 13.7. The van der Waals surface area contributed by atoms with Gasteiger partial charge in [-0.1, -0.05) is 30.8 Å². The highest BCUT2D eigenvalue weighted by molar-refractivity contribution is 7.99. The Bertz CT molecular complexity index is 788. The van der Waals surface area contributed by atoms with E-state index in [0.29, 0.717) is 11.0 Å². The summed E-state index contributed by atoms with van der Waals surface area (Å²) in [6.45, 7) is 2.18. The van der Waals surface area contributed by atoms with Crippen LogP contribution < -0.4 is 0 Å². The summed E-state index contributed by atoms with van der Waals surface area (Å²) in [7, 11) is 0. The molecule has 3 heterocycles. The van der Waals surface area contributed by atoms with Gasteiger partial charge in [-0.3, -0.25) is 0 Å². The molecule has 0 saturated carbocycles. The molecule has 0 spiro atoms. The molecule has 4 aromatic rings. The SMILES string of the molecule is C[C@@H](Cc1nc2ccccc2s1)Sc1nc2ncccn2n1. The highest BCUT2D eigenvalue weighted by Gasteiger charge is 2.13. The minimum atomic E-state index is 0.359. The number of thiazole rings is 1. The fourth-order valence-corrected chi connectivity index (χ4v) is 4.31. The van der Waals surface area contributed by atoms with E-state index in [1.165, 1.54) is 4.70 Å². The molecule has 0 fully saturated rings. The van der Waals surface area contributed by atoms with E-state index in [2.05, 4.69) is 45.2 Å². The molecule has 0 aliphatic heterocycles. The predicted molar refractivity (Wildman–Crippen MR) is 89.4 cm³/mol. The summed E-state index contributed by atoms with van der Waals surface area (Å²) in [5.74, 6) is 0.636. The second kappa shape index (κ2) is 5.66. The van der Waals surface area contributed by atoms with Gasteiger partial charge in [-0.05, 0) is 18.2 Å². The van der Waals surface area contributed by atoms with Gasteiger partial charge in [0.15, 0.2) is 0 Å². The number of nitrogens with zero attached hydrogens (tertiary/aromatic N) is 5. The van der Waals surface area contributed by atoms with Crippen molar-refractivity contribution < 1.29 is 0 Å². The molecular formula is C15H13N5S2. The Morgan fingerprint density at radius 1 is 1.23 bits per heavy atom. The smallest absolute Gasteiger partial charge is 0.241 e. The number of para-hydroxylation sites is 1. The van der Waals surface area contributed by atoms with Gasteiger partial charge in [0.25, 0.3) is 5.78 Å². The van der Waals surface area contributed by atoms with E-state index >= 15 is 0 Å². The van der Waals surface area contributed by atoms with Crippen LogP contribution in [0.2, 0.25) is 0 Å². The Morgan fingerprint density at radius 2 is 2.14 bits per heavy atom. The van der Waals surface area contributed by atoms with Gasteiger partial charge < -0.3 is 0 Å². The van der Waals surface area contributed by atoms with E-state index in [0.717, 1.165) is 22.1 Å². The molecule has 22 heavy (non-hydrogen) atoms. The van der Waals surface area contributed by atoms with Crippen molar-refractivity contribution in [3.63, 3.8) is 0 Å². The molecule has 4 rings (SSSR count). The predicted octanol–water partition coefficient (Wildman–Crippen LogP) is 3.46. The first-order valence-corrected chi connectivity index (χ1v) is 8.66. The Labute approximate surface area is 135 Å². The van der Waals surface area contributed by atoms with Crippen LogP contribution >= 0.6 is 23.1 Å². The van der Waals surface area contributed by atoms with Crippen molar-refractivity contribution in [2.75, 3.05) is 0 Å². The average Bonchev–Trinajstić information content (AvgIpc) is 3.08. The molecule has 1 atom stereocenters. The third-order valence-corrected chi connectivity index (χ3v) is 5.22. The lowest BCUT2D eigenvalue weighted by Crippen LogP contribution is -2.01. The van der Waals surface area contributed by atoms with Crippen LogP contribution in [0, 0.1) is 0 Å². The van der Waals surface area contributed by atoms with Crippen molar-refractivity contribution >= 4 is 39.1 Å². The minimum absolute atomic E-state index is 0.359. The number of aromatic nitrogens is 5. The van der Waals surface area contributed by atoms with Crippen LogP contribution in [-0.4, -0.2) is 29.8 Å². The van der Waals surface area contributed by atoms with Crippen molar-refractivity contribution in [2.24, 2.45) is 0 Å². The van der Waals surface area contributed by atoms with E-state index in [-0.39, 0.29) is 0 Å². The third kappa shape index (κ3) is 2.69. The zero-order valence-electron chi connectivity index (χ0n) is 11.9. The molecule has 0 saturated heterocycles. The Hall–Kier alpha value is -1.99. The van der Waals surface area contributed by atoms with E-state index in [1.54, 1.807) is 33.8 Å². The van der Waals surface area contributed by atoms with Gasteiger partial charge in [-0.15, -0.1) is 16.4 Å². The van der Waals surface area contributed by atoms with Gasteiger partial charge in [-0.25, -0.2) is 14.5 Å². The molecule has 0 radical (unpaired) electrons. The highest BCUT2D eigenvalue weighted by atomic mass is 32.2. The molecule has 0 aliphatic rings. The van der Waals surface area contributed by atoms with Gasteiger partial charge in [0.05, 0.1) is 15.2 Å². The molecule has 1 aromatic carbocycles. The summed E-state index contributed by atoms with van der Waals surface area (Å²) in [6.07, 6.45) is 4.49. The van der Waals surface area contributed by atoms with E-state index in [4.69, 9.17) is 0 Å². The first-order valence-electron chi connectivity index (χ1n) is 6.96. The molecule has 3 aromatic heterocycles. The van der Waals surface area contributed by atoms with Crippen molar-refractivity contribution in [3.8, 4) is 0 Å². The summed E-state index contributed by atoms with van der Waals surface area (Å²) < 4.78 is 2.94. The lowest BCUT2D eigenvalue weighted by molar-refractivity contribution is 0.866. The highest BCUT2D eigenvalue weighted by Crippen LogP contribution is 2.27.